The Hall–Kier alpha value is -1.81. The molecule has 1 unspecified atom stereocenters. The quantitative estimate of drug-likeness (QED) is 0.936. The summed E-state index contributed by atoms with van der Waals surface area (Å²) in [5, 5.41) is 5.84. The SMILES string of the molecule is COc1ccc2ccnc(NCC3CCCCN3C)c2c1. The van der Waals surface area contributed by atoms with Gasteiger partial charge in [-0.15, -0.1) is 0 Å². The number of likely N-dealkylation sites (tertiary alicyclic amines) is 1. The topological polar surface area (TPSA) is 37.4 Å². The van der Waals surface area contributed by atoms with Gasteiger partial charge in [-0.05, 0) is 50.0 Å². The number of hydrogen-bond acceptors (Lipinski definition) is 4. The molecular weight excluding hydrogens is 262 g/mol. The third-order valence-electron chi connectivity index (χ3n) is 4.40. The van der Waals surface area contributed by atoms with Crippen LogP contribution in [0.25, 0.3) is 10.8 Å². The molecule has 2 aromatic rings. The number of benzene rings is 1. The fourth-order valence-corrected chi connectivity index (χ4v) is 3.03. The zero-order valence-electron chi connectivity index (χ0n) is 12.8. The van der Waals surface area contributed by atoms with Gasteiger partial charge in [0.05, 0.1) is 7.11 Å². The van der Waals surface area contributed by atoms with E-state index in [0.29, 0.717) is 6.04 Å². The van der Waals surface area contributed by atoms with Crippen LogP contribution in [0, 0.1) is 0 Å². The lowest BCUT2D eigenvalue weighted by Crippen LogP contribution is -2.40. The van der Waals surface area contributed by atoms with Gasteiger partial charge in [-0.2, -0.15) is 0 Å². The Labute approximate surface area is 126 Å². The highest BCUT2D eigenvalue weighted by Crippen LogP contribution is 2.26. The number of anilines is 1. The van der Waals surface area contributed by atoms with Crippen LogP contribution in [0.3, 0.4) is 0 Å². The first-order valence-electron chi connectivity index (χ1n) is 7.65. The Kier molecular flexibility index (Phi) is 4.25. The molecule has 1 atom stereocenters. The van der Waals surface area contributed by atoms with E-state index in [4.69, 9.17) is 4.74 Å². The molecule has 0 amide bonds. The maximum absolute atomic E-state index is 5.33. The van der Waals surface area contributed by atoms with Gasteiger partial charge >= 0.3 is 0 Å². The lowest BCUT2D eigenvalue weighted by Gasteiger charge is -2.32. The first-order valence-corrected chi connectivity index (χ1v) is 7.65. The van der Waals surface area contributed by atoms with Crippen LogP contribution in [0.5, 0.6) is 5.75 Å². The molecule has 2 heterocycles. The second-order valence-corrected chi connectivity index (χ2v) is 5.76. The van der Waals surface area contributed by atoms with Crippen molar-refractivity contribution in [3.8, 4) is 5.75 Å². The zero-order valence-corrected chi connectivity index (χ0v) is 12.8. The van der Waals surface area contributed by atoms with Crippen molar-refractivity contribution < 1.29 is 4.74 Å². The number of fused-ring (bicyclic) bond motifs is 1. The van der Waals surface area contributed by atoms with E-state index in [0.717, 1.165) is 23.5 Å². The van der Waals surface area contributed by atoms with Gasteiger partial charge in [-0.25, -0.2) is 4.98 Å². The van der Waals surface area contributed by atoms with Gasteiger partial charge in [0, 0.05) is 24.2 Å². The highest BCUT2D eigenvalue weighted by molar-refractivity contribution is 5.92. The molecule has 0 radical (unpaired) electrons. The van der Waals surface area contributed by atoms with Crippen LogP contribution in [0.4, 0.5) is 5.82 Å². The van der Waals surface area contributed by atoms with Crippen molar-refractivity contribution in [2.24, 2.45) is 0 Å². The van der Waals surface area contributed by atoms with Crippen LogP contribution in [-0.2, 0) is 0 Å². The molecule has 0 saturated carbocycles. The zero-order chi connectivity index (χ0) is 14.7. The smallest absolute Gasteiger partial charge is 0.134 e. The second-order valence-electron chi connectivity index (χ2n) is 5.76. The summed E-state index contributed by atoms with van der Waals surface area (Å²) in [6.45, 7) is 2.14. The Morgan fingerprint density at radius 3 is 3.05 bits per heavy atom. The van der Waals surface area contributed by atoms with Gasteiger partial charge in [-0.1, -0.05) is 12.5 Å². The first kappa shape index (κ1) is 14.1. The minimum Gasteiger partial charge on any atom is -0.497 e. The van der Waals surface area contributed by atoms with Crippen molar-refractivity contribution in [3.63, 3.8) is 0 Å². The molecule has 1 aliphatic heterocycles. The maximum atomic E-state index is 5.33. The standard InChI is InChI=1S/C17H23N3O/c1-20-10-4-3-5-14(20)12-19-17-16-11-15(21-2)7-6-13(16)8-9-18-17/h6-9,11,14H,3-5,10,12H2,1-2H3,(H,18,19). The van der Waals surface area contributed by atoms with Gasteiger partial charge in [0.1, 0.15) is 11.6 Å². The Bertz CT molecular complexity index is 614. The molecule has 1 aliphatic rings. The molecule has 0 bridgehead atoms. The first-order chi connectivity index (χ1) is 10.3. The van der Waals surface area contributed by atoms with E-state index in [9.17, 15) is 0 Å². The van der Waals surface area contributed by atoms with E-state index in [1.54, 1.807) is 7.11 Å². The summed E-state index contributed by atoms with van der Waals surface area (Å²) in [7, 11) is 3.91. The summed E-state index contributed by atoms with van der Waals surface area (Å²) in [4.78, 5) is 6.95. The lowest BCUT2D eigenvalue weighted by molar-refractivity contribution is 0.194. The predicted octanol–water partition coefficient (Wildman–Crippen LogP) is 3.14. The summed E-state index contributed by atoms with van der Waals surface area (Å²) in [5.74, 6) is 1.82. The fraction of sp³-hybridized carbons (Fsp3) is 0.471. The van der Waals surface area contributed by atoms with Crippen molar-refractivity contribution in [3.05, 3.63) is 30.5 Å². The average molecular weight is 285 g/mol. The maximum Gasteiger partial charge on any atom is 0.134 e. The molecule has 1 fully saturated rings. The summed E-state index contributed by atoms with van der Waals surface area (Å²) < 4.78 is 5.33. The predicted molar refractivity (Wildman–Crippen MR) is 87.1 cm³/mol. The third-order valence-corrected chi connectivity index (χ3v) is 4.40. The number of ether oxygens (including phenoxy) is 1. The van der Waals surface area contributed by atoms with Crippen LogP contribution in [0.1, 0.15) is 19.3 Å². The summed E-state index contributed by atoms with van der Waals surface area (Å²) in [5.41, 5.74) is 0. The number of piperidine rings is 1. The Morgan fingerprint density at radius 1 is 1.33 bits per heavy atom. The molecule has 1 aromatic heterocycles. The molecule has 1 N–H and O–H groups in total. The lowest BCUT2D eigenvalue weighted by atomic mass is 10.0. The number of hydrogen-bond donors (Lipinski definition) is 1. The monoisotopic (exact) mass is 285 g/mol. The number of pyridine rings is 1. The molecule has 112 valence electrons. The van der Waals surface area contributed by atoms with Crippen molar-refractivity contribution in [2.45, 2.75) is 25.3 Å². The van der Waals surface area contributed by atoms with Crippen molar-refractivity contribution in [1.82, 2.24) is 9.88 Å². The molecule has 3 rings (SSSR count). The normalized spacial score (nSPS) is 19.6. The molecule has 0 aliphatic carbocycles. The van der Waals surface area contributed by atoms with Gasteiger partial charge in [0.2, 0.25) is 0 Å². The number of aromatic nitrogens is 1. The molecule has 21 heavy (non-hydrogen) atoms. The number of nitrogens with zero attached hydrogens (tertiary/aromatic N) is 2. The number of nitrogens with one attached hydrogen (secondary N) is 1. The van der Waals surface area contributed by atoms with Gasteiger partial charge < -0.3 is 15.0 Å². The van der Waals surface area contributed by atoms with Crippen LogP contribution < -0.4 is 10.1 Å². The van der Waals surface area contributed by atoms with Crippen LogP contribution >= 0.6 is 0 Å². The molecule has 4 nitrogen and oxygen atoms in total. The number of rotatable bonds is 4. The van der Waals surface area contributed by atoms with E-state index >= 15 is 0 Å². The Morgan fingerprint density at radius 2 is 2.24 bits per heavy atom. The van der Waals surface area contributed by atoms with Crippen LogP contribution in [0.15, 0.2) is 30.5 Å². The summed E-state index contributed by atoms with van der Waals surface area (Å²) in [6.07, 6.45) is 5.77. The fourth-order valence-electron chi connectivity index (χ4n) is 3.03. The molecular formula is C17H23N3O. The third kappa shape index (κ3) is 3.10. The van der Waals surface area contributed by atoms with Crippen LogP contribution in [-0.4, -0.2) is 43.2 Å². The Balaban J connectivity index is 1.79. The average Bonchev–Trinajstić information content (AvgIpc) is 2.53. The number of methoxy groups -OCH3 is 1. The van der Waals surface area contributed by atoms with Gasteiger partial charge in [-0.3, -0.25) is 0 Å². The van der Waals surface area contributed by atoms with Gasteiger partial charge in [0.15, 0.2) is 0 Å². The van der Waals surface area contributed by atoms with E-state index in [2.05, 4.69) is 34.4 Å². The van der Waals surface area contributed by atoms with Crippen molar-refractivity contribution >= 4 is 16.6 Å². The summed E-state index contributed by atoms with van der Waals surface area (Å²) >= 11 is 0. The van der Waals surface area contributed by atoms with Gasteiger partial charge in [0.25, 0.3) is 0 Å². The largest absolute Gasteiger partial charge is 0.497 e. The van der Waals surface area contributed by atoms with Crippen molar-refractivity contribution in [2.75, 3.05) is 32.6 Å². The van der Waals surface area contributed by atoms with E-state index in [1.807, 2.05) is 18.3 Å². The van der Waals surface area contributed by atoms with E-state index in [1.165, 1.54) is 31.2 Å². The molecule has 1 saturated heterocycles. The van der Waals surface area contributed by atoms with E-state index in [-0.39, 0.29) is 0 Å². The highest BCUT2D eigenvalue weighted by atomic mass is 16.5. The minimum atomic E-state index is 0.599. The molecule has 0 spiro atoms. The molecule has 4 heteroatoms. The second kappa shape index (κ2) is 6.31. The van der Waals surface area contributed by atoms with E-state index < -0.39 is 0 Å². The minimum absolute atomic E-state index is 0.599. The number of likely N-dealkylation sites (N-methyl/N-ethyl adjacent to an activating group) is 1. The summed E-state index contributed by atoms with van der Waals surface area (Å²) in [6, 6.07) is 8.75. The highest BCUT2D eigenvalue weighted by Gasteiger charge is 2.18. The van der Waals surface area contributed by atoms with Crippen LogP contribution in [0.2, 0.25) is 0 Å². The molecule has 1 aromatic carbocycles. The van der Waals surface area contributed by atoms with Crippen molar-refractivity contribution in [1.29, 1.82) is 0 Å².